The van der Waals surface area contributed by atoms with E-state index in [-0.39, 0.29) is 5.91 Å². The molecule has 1 rings (SSSR count). The van der Waals surface area contributed by atoms with E-state index in [1.165, 1.54) is 11.3 Å². The van der Waals surface area contributed by atoms with Gasteiger partial charge in [-0.15, -0.1) is 11.3 Å². The third kappa shape index (κ3) is 4.42. The van der Waals surface area contributed by atoms with E-state index in [2.05, 4.69) is 31.4 Å². The summed E-state index contributed by atoms with van der Waals surface area (Å²) in [6.45, 7) is 9.24. The number of nitrogen functional groups attached to an aromatic ring is 1. The van der Waals surface area contributed by atoms with Crippen LogP contribution in [0.3, 0.4) is 0 Å². The molecular formula is C14H25N3OS. The highest BCUT2D eigenvalue weighted by atomic mass is 32.1. The van der Waals surface area contributed by atoms with Crippen LogP contribution < -0.4 is 16.4 Å². The summed E-state index contributed by atoms with van der Waals surface area (Å²) in [5.74, 6) is 0.473. The first-order valence-corrected chi connectivity index (χ1v) is 7.75. The van der Waals surface area contributed by atoms with Gasteiger partial charge in [-0.2, -0.15) is 0 Å². The predicted octanol–water partition coefficient (Wildman–Crippen LogP) is 3.32. The molecule has 1 unspecified atom stereocenters. The summed E-state index contributed by atoms with van der Waals surface area (Å²) in [5, 5.41) is 7.29. The molecule has 1 atom stereocenters. The Balaban J connectivity index is 2.75. The van der Waals surface area contributed by atoms with Crippen molar-refractivity contribution in [3.05, 3.63) is 10.9 Å². The molecule has 0 aromatic carbocycles. The molecule has 4 nitrogen and oxygen atoms in total. The number of hydrogen-bond acceptors (Lipinski definition) is 4. The monoisotopic (exact) mass is 283 g/mol. The van der Waals surface area contributed by atoms with Gasteiger partial charge in [-0.3, -0.25) is 4.79 Å². The number of rotatable bonds is 7. The molecule has 0 radical (unpaired) electrons. The molecular weight excluding hydrogens is 258 g/mol. The fourth-order valence-corrected chi connectivity index (χ4v) is 2.85. The van der Waals surface area contributed by atoms with Crippen molar-refractivity contribution in [1.82, 2.24) is 5.32 Å². The molecule has 1 heterocycles. The lowest BCUT2D eigenvalue weighted by Crippen LogP contribution is -2.24. The van der Waals surface area contributed by atoms with Gasteiger partial charge in [0, 0.05) is 12.6 Å². The quantitative estimate of drug-likeness (QED) is 0.719. The zero-order chi connectivity index (χ0) is 14.4. The van der Waals surface area contributed by atoms with E-state index in [1.807, 2.05) is 13.0 Å². The molecule has 0 saturated heterocycles. The van der Waals surface area contributed by atoms with Crippen LogP contribution in [0, 0.1) is 5.92 Å². The Morgan fingerprint density at radius 2 is 2.11 bits per heavy atom. The van der Waals surface area contributed by atoms with Crippen molar-refractivity contribution < 1.29 is 4.79 Å². The number of nitrogens with one attached hydrogen (secondary N) is 2. The zero-order valence-corrected chi connectivity index (χ0v) is 13.1. The lowest BCUT2D eigenvalue weighted by atomic mass is 10.0. The molecule has 19 heavy (non-hydrogen) atoms. The van der Waals surface area contributed by atoms with E-state index in [0.29, 0.717) is 29.1 Å². The van der Waals surface area contributed by atoms with Gasteiger partial charge in [-0.1, -0.05) is 27.7 Å². The molecule has 5 heteroatoms. The van der Waals surface area contributed by atoms with Crippen LogP contribution in [0.2, 0.25) is 0 Å². The highest BCUT2D eigenvalue weighted by molar-refractivity contribution is 7.18. The summed E-state index contributed by atoms with van der Waals surface area (Å²) >= 11 is 1.43. The Bertz CT molecular complexity index is 415. The maximum absolute atomic E-state index is 11.9. The molecule has 0 aliphatic rings. The third-order valence-electron chi connectivity index (χ3n) is 3.07. The maximum atomic E-state index is 11.9. The number of amides is 1. The second kappa shape index (κ2) is 7.38. The molecule has 0 bridgehead atoms. The fourth-order valence-electron chi connectivity index (χ4n) is 1.90. The average molecular weight is 283 g/mol. The molecule has 1 aromatic rings. The number of hydrogen-bond donors (Lipinski definition) is 3. The van der Waals surface area contributed by atoms with Crippen LogP contribution in [0.4, 0.5) is 10.7 Å². The fraction of sp³-hybridized carbons (Fsp3) is 0.643. The molecule has 0 saturated carbocycles. The third-order valence-corrected chi connectivity index (χ3v) is 4.16. The van der Waals surface area contributed by atoms with Gasteiger partial charge in [0.2, 0.25) is 0 Å². The number of carbonyl (C=O) groups excluding carboxylic acids is 1. The largest absolute Gasteiger partial charge is 0.397 e. The average Bonchev–Trinajstić information content (AvgIpc) is 2.73. The Hall–Kier alpha value is -1.23. The van der Waals surface area contributed by atoms with Crippen LogP contribution in [0.5, 0.6) is 0 Å². The highest BCUT2D eigenvalue weighted by Crippen LogP contribution is 2.30. The van der Waals surface area contributed by atoms with Crippen molar-refractivity contribution in [3.63, 3.8) is 0 Å². The van der Waals surface area contributed by atoms with Gasteiger partial charge >= 0.3 is 0 Å². The van der Waals surface area contributed by atoms with Crippen molar-refractivity contribution in [1.29, 1.82) is 0 Å². The van der Waals surface area contributed by atoms with E-state index in [1.54, 1.807) is 0 Å². The Morgan fingerprint density at radius 1 is 1.42 bits per heavy atom. The lowest BCUT2D eigenvalue weighted by molar-refractivity contribution is 0.0958. The van der Waals surface area contributed by atoms with E-state index >= 15 is 0 Å². The predicted molar refractivity (Wildman–Crippen MR) is 83.9 cm³/mol. The van der Waals surface area contributed by atoms with E-state index in [4.69, 9.17) is 5.73 Å². The second-order valence-corrected chi connectivity index (χ2v) is 6.11. The first-order valence-electron chi connectivity index (χ1n) is 6.93. The lowest BCUT2D eigenvalue weighted by Gasteiger charge is -2.20. The topological polar surface area (TPSA) is 67.2 Å². The molecule has 1 amide bonds. The Morgan fingerprint density at radius 3 is 2.63 bits per heavy atom. The van der Waals surface area contributed by atoms with Crippen molar-refractivity contribution in [2.45, 2.75) is 46.6 Å². The van der Waals surface area contributed by atoms with Gasteiger partial charge in [-0.05, 0) is 24.8 Å². The van der Waals surface area contributed by atoms with Crippen LogP contribution in [0.15, 0.2) is 6.07 Å². The van der Waals surface area contributed by atoms with Gasteiger partial charge in [0.1, 0.15) is 4.88 Å². The molecule has 0 fully saturated rings. The summed E-state index contributed by atoms with van der Waals surface area (Å²) < 4.78 is 0. The van der Waals surface area contributed by atoms with Gasteiger partial charge in [0.15, 0.2) is 0 Å². The number of thiophene rings is 1. The second-order valence-electron chi connectivity index (χ2n) is 5.05. The summed E-state index contributed by atoms with van der Waals surface area (Å²) in [4.78, 5) is 12.5. The summed E-state index contributed by atoms with van der Waals surface area (Å²) in [6, 6.07) is 2.26. The van der Waals surface area contributed by atoms with Crippen molar-refractivity contribution in [3.8, 4) is 0 Å². The smallest absolute Gasteiger partial charge is 0.263 e. The van der Waals surface area contributed by atoms with Crippen LogP contribution in [0.1, 0.15) is 50.2 Å². The summed E-state index contributed by atoms with van der Waals surface area (Å²) in [7, 11) is 0. The van der Waals surface area contributed by atoms with E-state index < -0.39 is 0 Å². The minimum Gasteiger partial charge on any atom is -0.397 e. The Labute approximate surface area is 119 Å². The molecule has 0 spiro atoms. The minimum atomic E-state index is -0.0741. The van der Waals surface area contributed by atoms with Gasteiger partial charge < -0.3 is 16.4 Å². The first-order chi connectivity index (χ1) is 8.99. The first kappa shape index (κ1) is 15.8. The molecule has 108 valence electrons. The van der Waals surface area contributed by atoms with Crippen LogP contribution >= 0.6 is 11.3 Å². The molecule has 1 aromatic heterocycles. The van der Waals surface area contributed by atoms with Crippen LogP contribution in [-0.2, 0) is 0 Å². The molecule has 0 aliphatic heterocycles. The minimum absolute atomic E-state index is 0.0741. The van der Waals surface area contributed by atoms with Crippen LogP contribution in [0.25, 0.3) is 0 Å². The van der Waals surface area contributed by atoms with Gasteiger partial charge in [-0.25, -0.2) is 0 Å². The molecule has 0 aliphatic carbocycles. The SMILES string of the molecule is CCCNC(=O)c1sc(NC(CC)C(C)C)cc1N. The summed E-state index contributed by atoms with van der Waals surface area (Å²) in [5.41, 5.74) is 6.47. The number of carbonyl (C=O) groups is 1. The van der Waals surface area contributed by atoms with Gasteiger partial charge in [0.05, 0.1) is 10.7 Å². The van der Waals surface area contributed by atoms with Crippen LogP contribution in [-0.4, -0.2) is 18.5 Å². The standard InChI is InChI=1S/C14H25N3OS/c1-5-7-16-14(18)13-10(15)8-12(19-13)17-11(6-2)9(3)4/h8-9,11,17H,5-7,15H2,1-4H3,(H,16,18). The van der Waals surface area contributed by atoms with Gasteiger partial charge in [0.25, 0.3) is 5.91 Å². The molecule has 4 N–H and O–H groups in total. The number of nitrogens with two attached hydrogens (primary N) is 1. The highest BCUT2D eigenvalue weighted by Gasteiger charge is 2.17. The normalized spacial score (nSPS) is 12.5. The summed E-state index contributed by atoms with van der Waals surface area (Å²) in [6.07, 6.45) is 1.97. The van der Waals surface area contributed by atoms with Crippen molar-refractivity contribution in [2.24, 2.45) is 5.92 Å². The maximum Gasteiger partial charge on any atom is 0.263 e. The van der Waals surface area contributed by atoms with Crippen molar-refractivity contribution in [2.75, 3.05) is 17.6 Å². The Kier molecular flexibility index (Phi) is 6.15. The van der Waals surface area contributed by atoms with E-state index in [9.17, 15) is 4.79 Å². The van der Waals surface area contributed by atoms with E-state index in [0.717, 1.165) is 17.8 Å². The van der Waals surface area contributed by atoms with Crippen molar-refractivity contribution >= 4 is 27.9 Å². The number of anilines is 2. The zero-order valence-electron chi connectivity index (χ0n) is 12.2.